The molecule has 1 aliphatic heterocycles. The van der Waals surface area contributed by atoms with E-state index in [0.717, 1.165) is 17.7 Å². The Balaban J connectivity index is 1.18. The van der Waals surface area contributed by atoms with Crippen LogP contribution in [0.5, 0.6) is 0 Å². The zero-order valence-corrected chi connectivity index (χ0v) is 23.8. The summed E-state index contributed by atoms with van der Waals surface area (Å²) in [7, 11) is -3.32. The number of halogens is 1. The fourth-order valence-electron chi connectivity index (χ4n) is 5.24. The molecule has 218 valence electrons. The van der Waals surface area contributed by atoms with Crippen molar-refractivity contribution in [3.63, 3.8) is 0 Å². The topological polar surface area (TPSA) is 117 Å². The van der Waals surface area contributed by atoms with Crippen molar-refractivity contribution in [1.29, 1.82) is 0 Å². The van der Waals surface area contributed by atoms with Gasteiger partial charge in [0.25, 0.3) is 5.91 Å². The molecule has 1 saturated heterocycles. The van der Waals surface area contributed by atoms with Gasteiger partial charge in [0, 0.05) is 56.1 Å². The van der Waals surface area contributed by atoms with E-state index >= 15 is 0 Å². The van der Waals surface area contributed by atoms with Gasteiger partial charge < -0.3 is 15.5 Å². The van der Waals surface area contributed by atoms with Gasteiger partial charge in [-0.2, -0.15) is 9.40 Å². The van der Waals surface area contributed by atoms with E-state index < -0.39 is 16.1 Å². The molecule has 10 nitrogen and oxygen atoms in total. The number of benzene rings is 2. The molecule has 3 aromatic rings. The lowest BCUT2D eigenvalue weighted by Gasteiger charge is -2.35. The van der Waals surface area contributed by atoms with Gasteiger partial charge in [-0.05, 0) is 73.8 Å². The fraction of sp³-hybridized carbons (Fsp3) is 0.414. The van der Waals surface area contributed by atoms with Gasteiger partial charge in [-0.3, -0.25) is 9.59 Å². The lowest BCUT2D eigenvalue weighted by atomic mass is 10.1. The molecule has 2 aromatic carbocycles. The van der Waals surface area contributed by atoms with Crippen LogP contribution in [0, 0.1) is 5.82 Å². The molecule has 5 rings (SSSR count). The number of rotatable bonds is 11. The first-order valence-corrected chi connectivity index (χ1v) is 15.7. The summed E-state index contributed by atoms with van der Waals surface area (Å²) in [5.74, 6) is -0.459. The highest BCUT2D eigenvalue weighted by molar-refractivity contribution is 7.88. The van der Waals surface area contributed by atoms with Crippen molar-refractivity contribution in [2.75, 3.05) is 39.0 Å². The molecule has 3 atom stereocenters. The molecular formula is C29H35FN6O4S. The largest absolute Gasteiger partial charge is 0.340 e. The van der Waals surface area contributed by atoms with Crippen molar-refractivity contribution < 1.29 is 22.4 Å². The summed E-state index contributed by atoms with van der Waals surface area (Å²) >= 11 is 0. The molecule has 1 saturated carbocycles. The molecule has 2 N–H and O–H groups in total. The number of carbonyl (C=O) groups excluding carboxylic acids is 2. The summed E-state index contributed by atoms with van der Waals surface area (Å²) in [6.07, 6.45) is 6.72. The zero-order valence-electron chi connectivity index (χ0n) is 22.9. The first kappa shape index (κ1) is 28.9. The first-order valence-electron chi connectivity index (χ1n) is 13.8. The van der Waals surface area contributed by atoms with Gasteiger partial charge in [-0.15, -0.1) is 0 Å². The van der Waals surface area contributed by atoms with Crippen molar-refractivity contribution in [1.82, 2.24) is 29.6 Å². The minimum atomic E-state index is -3.32. The van der Waals surface area contributed by atoms with Gasteiger partial charge in [0.15, 0.2) is 0 Å². The monoisotopic (exact) mass is 582 g/mol. The number of hydrogen-bond donors (Lipinski definition) is 2. The van der Waals surface area contributed by atoms with Crippen molar-refractivity contribution >= 4 is 21.8 Å². The third-order valence-electron chi connectivity index (χ3n) is 7.69. The Bertz CT molecular complexity index is 1440. The smallest absolute Gasteiger partial charge is 0.251 e. The Morgan fingerprint density at radius 1 is 1.05 bits per heavy atom. The van der Waals surface area contributed by atoms with Crippen LogP contribution in [0.25, 0.3) is 5.69 Å². The van der Waals surface area contributed by atoms with E-state index in [1.807, 2.05) is 24.4 Å². The van der Waals surface area contributed by atoms with E-state index in [-0.39, 0.29) is 43.8 Å². The average molecular weight is 583 g/mol. The molecule has 1 aromatic heterocycles. The molecule has 41 heavy (non-hydrogen) atoms. The molecule has 1 aliphatic carbocycles. The van der Waals surface area contributed by atoms with Crippen molar-refractivity contribution in [2.45, 2.75) is 37.3 Å². The van der Waals surface area contributed by atoms with Crippen LogP contribution in [-0.4, -0.2) is 90.3 Å². The van der Waals surface area contributed by atoms with E-state index in [1.54, 1.807) is 40.0 Å². The maximum atomic E-state index is 13.5. The first-order chi connectivity index (χ1) is 19.7. The standard InChI is InChI=1S/C29H35FN6O4S/c1-41(39,40)35-18-16-34(17-19-35)29(38)26(4-2-13-31-27-20-25(27)21-5-9-23(30)10-6-21)33-28(37)22-7-11-24(12-8-22)36-15-3-14-32-36/h3,5-12,14-15,25-27,31H,2,4,13,16-20H2,1H3,(H,33,37)/t25-,26?,27+/m0/s1. The predicted octanol–water partition coefficient (Wildman–Crippen LogP) is 2.14. The van der Waals surface area contributed by atoms with Crippen molar-refractivity contribution in [3.8, 4) is 5.69 Å². The van der Waals surface area contributed by atoms with E-state index in [4.69, 9.17) is 0 Å². The van der Waals surface area contributed by atoms with Gasteiger partial charge in [-0.1, -0.05) is 12.1 Å². The van der Waals surface area contributed by atoms with Gasteiger partial charge in [0.1, 0.15) is 11.9 Å². The summed E-state index contributed by atoms with van der Waals surface area (Å²) in [6, 6.07) is 14.9. The van der Waals surface area contributed by atoms with Gasteiger partial charge in [0.2, 0.25) is 15.9 Å². The second kappa shape index (κ2) is 12.5. The van der Waals surface area contributed by atoms with E-state index in [2.05, 4.69) is 15.7 Å². The van der Waals surface area contributed by atoms with Crippen LogP contribution in [0.1, 0.15) is 41.1 Å². The number of nitrogens with zero attached hydrogens (tertiary/aromatic N) is 4. The fourth-order valence-corrected chi connectivity index (χ4v) is 6.07. The Morgan fingerprint density at radius 2 is 1.76 bits per heavy atom. The number of sulfonamides is 1. The Labute approximate surface area is 239 Å². The summed E-state index contributed by atoms with van der Waals surface area (Å²) < 4.78 is 40.1. The molecule has 12 heteroatoms. The third-order valence-corrected chi connectivity index (χ3v) is 8.99. The Kier molecular flexibility index (Phi) is 8.81. The maximum absolute atomic E-state index is 13.5. The number of piperazine rings is 1. The minimum absolute atomic E-state index is 0.213. The van der Waals surface area contributed by atoms with Crippen LogP contribution in [0.15, 0.2) is 67.0 Å². The summed E-state index contributed by atoms with van der Waals surface area (Å²) in [6.45, 7) is 1.68. The maximum Gasteiger partial charge on any atom is 0.251 e. The van der Waals surface area contributed by atoms with Gasteiger partial charge in [-0.25, -0.2) is 17.5 Å². The molecule has 2 heterocycles. The minimum Gasteiger partial charge on any atom is -0.340 e. The summed E-state index contributed by atoms with van der Waals surface area (Å²) in [5.41, 5.74) is 2.35. The van der Waals surface area contributed by atoms with Crippen LogP contribution < -0.4 is 10.6 Å². The van der Waals surface area contributed by atoms with Crippen LogP contribution in [-0.2, 0) is 14.8 Å². The highest BCUT2D eigenvalue weighted by atomic mass is 32.2. The SMILES string of the molecule is CS(=O)(=O)N1CCN(C(=O)C(CCCN[C@@H]2C[C@H]2c2ccc(F)cc2)NC(=O)c2ccc(-n3cccn3)cc2)CC1. The number of nitrogens with one attached hydrogen (secondary N) is 2. The molecule has 0 radical (unpaired) electrons. The second-order valence-corrected chi connectivity index (χ2v) is 12.6. The molecule has 2 aliphatic rings. The Hall–Kier alpha value is -3.61. The molecular weight excluding hydrogens is 547 g/mol. The van der Waals surface area contributed by atoms with E-state index in [1.165, 1.54) is 22.7 Å². The molecule has 0 bridgehead atoms. The zero-order chi connectivity index (χ0) is 29.0. The number of aromatic nitrogens is 2. The van der Waals surface area contributed by atoms with E-state index in [0.29, 0.717) is 36.9 Å². The van der Waals surface area contributed by atoms with Crippen molar-refractivity contribution in [3.05, 3.63) is 83.9 Å². The highest BCUT2D eigenvalue weighted by Gasteiger charge is 2.38. The molecule has 1 unspecified atom stereocenters. The van der Waals surface area contributed by atoms with E-state index in [9.17, 15) is 22.4 Å². The van der Waals surface area contributed by atoms with Crippen LogP contribution in [0.2, 0.25) is 0 Å². The highest BCUT2D eigenvalue weighted by Crippen LogP contribution is 2.40. The lowest BCUT2D eigenvalue weighted by Crippen LogP contribution is -2.55. The lowest BCUT2D eigenvalue weighted by molar-refractivity contribution is -0.134. The third kappa shape index (κ3) is 7.38. The van der Waals surface area contributed by atoms with Crippen LogP contribution >= 0.6 is 0 Å². The second-order valence-electron chi connectivity index (χ2n) is 10.6. The number of carbonyl (C=O) groups is 2. The summed E-state index contributed by atoms with van der Waals surface area (Å²) in [5, 5.41) is 10.6. The number of hydrogen-bond acceptors (Lipinski definition) is 6. The van der Waals surface area contributed by atoms with Crippen LogP contribution in [0.4, 0.5) is 4.39 Å². The Morgan fingerprint density at radius 3 is 2.39 bits per heavy atom. The van der Waals surface area contributed by atoms with Crippen molar-refractivity contribution in [2.24, 2.45) is 0 Å². The molecule has 2 amide bonds. The molecule has 0 spiro atoms. The normalized spacial score (nSPS) is 20.0. The van der Waals surface area contributed by atoms with Crippen LogP contribution in [0.3, 0.4) is 0 Å². The quantitative estimate of drug-likeness (QED) is 0.335. The predicted molar refractivity (Wildman–Crippen MR) is 153 cm³/mol. The number of amides is 2. The summed E-state index contributed by atoms with van der Waals surface area (Å²) in [4.78, 5) is 28.3. The average Bonchev–Trinajstić information content (AvgIpc) is 3.52. The molecule has 2 fully saturated rings. The van der Waals surface area contributed by atoms with Gasteiger partial charge >= 0.3 is 0 Å². The van der Waals surface area contributed by atoms with Gasteiger partial charge in [0.05, 0.1) is 11.9 Å².